The van der Waals surface area contributed by atoms with Gasteiger partial charge in [0.25, 0.3) is 0 Å². The molecule has 0 unspecified atom stereocenters. The second-order valence-corrected chi connectivity index (χ2v) is 7.59. The summed E-state index contributed by atoms with van der Waals surface area (Å²) in [5.41, 5.74) is 1.27. The summed E-state index contributed by atoms with van der Waals surface area (Å²) < 4.78 is 5.76. The molecular weight excluding hydrogens is 312 g/mol. The molecule has 0 spiro atoms. The van der Waals surface area contributed by atoms with E-state index in [1.165, 1.54) is 5.56 Å². The molecule has 1 aromatic rings. The molecule has 0 aromatic heterocycles. The van der Waals surface area contributed by atoms with E-state index in [0.29, 0.717) is 12.0 Å². The molecule has 0 atom stereocenters. The van der Waals surface area contributed by atoms with E-state index in [4.69, 9.17) is 4.74 Å². The van der Waals surface area contributed by atoms with Crippen LogP contribution in [-0.4, -0.2) is 36.5 Å². The molecule has 1 aliphatic rings. The van der Waals surface area contributed by atoms with Crippen molar-refractivity contribution in [3.8, 4) is 5.75 Å². The molecular formula is C21H34N2O2. The summed E-state index contributed by atoms with van der Waals surface area (Å²) >= 11 is 0. The first kappa shape index (κ1) is 19.8. The first-order chi connectivity index (χ1) is 12.0. The molecule has 1 heterocycles. The number of hydrogen-bond acceptors (Lipinski definition) is 3. The van der Waals surface area contributed by atoms with Gasteiger partial charge in [0.15, 0.2) is 0 Å². The Hall–Kier alpha value is -1.55. The van der Waals surface area contributed by atoms with Gasteiger partial charge in [-0.25, -0.2) is 0 Å². The quantitative estimate of drug-likeness (QED) is 0.700. The summed E-state index contributed by atoms with van der Waals surface area (Å²) in [4.78, 5) is 14.5. The predicted molar refractivity (Wildman–Crippen MR) is 103 cm³/mol. The van der Waals surface area contributed by atoms with Crippen molar-refractivity contribution in [3.05, 3.63) is 29.8 Å². The lowest BCUT2D eigenvalue weighted by Crippen LogP contribution is -2.54. The van der Waals surface area contributed by atoms with E-state index in [0.717, 1.165) is 51.3 Å². The van der Waals surface area contributed by atoms with Crippen molar-refractivity contribution < 1.29 is 9.53 Å². The minimum atomic E-state index is 0.152. The average Bonchev–Trinajstić information content (AvgIpc) is 2.56. The average molecular weight is 347 g/mol. The third kappa shape index (κ3) is 6.35. The lowest BCUT2D eigenvalue weighted by molar-refractivity contribution is -0.131. The van der Waals surface area contributed by atoms with Crippen molar-refractivity contribution in [2.75, 3.05) is 19.7 Å². The van der Waals surface area contributed by atoms with Crippen molar-refractivity contribution in [2.24, 2.45) is 11.8 Å². The number of carbonyl (C=O) groups excluding carboxylic acids is 1. The summed E-state index contributed by atoms with van der Waals surface area (Å²) in [6.45, 7) is 12.1. The van der Waals surface area contributed by atoms with Crippen molar-refractivity contribution in [3.63, 3.8) is 0 Å². The number of nitrogens with zero attached hydrogens (tertiary/aromatic N) is 1. The Morgan fingerprint density at radius 2 is 1.84 bits per heavy atom. The third-order valence-corrected chi connectivity index (χ3v) is 4.95. The number of amides is 1. The molecule has 1 saturated heterocycles. The molecule has 1 aliphatic heterocycles. The van der Waals surface area contributed by atoms with E-state index in [-0.39, 0.29) is 11.8 Å². The van der Waals surface area contributed by atoms with E-state index < -0.39 is 0 Å². The van der Waals surface area contributed by atoms with Gasteiger partial charge in [0.2, 0.25) is 5.91 Å². The van der Waals surface area contributed by atoms with Crippen LogP contribution in [0.4, 0.5) is 0 Å². The van der Waals surface area contributed by atoms with Gasteiger partial charge >= 0.3 is 0 Å². The summed E-state index contributed by atoms with van der Waals surface area (Å²) in [5.74, 6) is 1.98. The number of ether oxygens (including phenoxy) is 1. The van der Waals surface area contributed by atoms with Crippen LogP contribution in [0.1, 0.15) is 52.5 Å². The molecule has 1 amide bonds. The zero-order valence-electron chi connectivity index (χ0n) is 16.3. The van der Waals surface area contributed by atoms with Crippen LogP contribution in [0.3, 0.4) is 0 Å². The van der Waals surface area contributed by atoms with Gasteiger partial charge in [-0.1, -0.05) is 39.8 Å². The van der Waals surface area contributed by atoms with Crippen LogP contribution >= 0.6 is 0 Å². The van der Waals surface area contributed by atoms with E-state index in [9.17, 15) is 4.79 Å². The molecule has 140 valence electrons. The number of likely N-dealkylation sites (tertiary alicyclic amines) is 1. The highest BCUT2D eigenvalue weighted by atomic mass is 16.5. The highest BCUT2D eigenvalue weighted by molar-refractivity contribution is 5.80. The van der Waals surface area contributed by atoms with Gasteiger partial charge in [0, 0.05) is 25.7 Å². The van der Waals surface area contributed by atoms with Gasteiger partial charge in [-0.15, -0.1) is 0 Å². The maximum atomic E-state index is 12.2. The molecule has 4 heteroatoms. The van der Waals surface area contributed by atoms with Crippen LogP contribution in [0.15, 0.2) is 24.3 Å². The van der Waals surface area contributed by atoms with Gasteiger partial charge in [-0.2, -0.15) is 0 Å². The number of hydrogen-bond donors (Lipinski definition) is 1. The van der Waals surface area contributed by atoms with E-state index >= 15 is 0 Å². The molecule has 0 aliphatic carbocycles. The third-order valence-electron chi connectivity index (χ3n) is 4.95. The standard InChI is InChI=1S/C21H34N2O2/c1-5-19(6-2)22-21(24)18-14-23(15-18)13-17-7-9-20(10-8-17)25-12-11-16(3)4/h7-10,16,18-19H,5-6,11-15H2,1-4H3,(H,22,24). The molecule has 4 nitrogen and oxygen atoms in total. The van der Waals surface area contributed by atoms with Gasteiger partial charge < -0.3 is 10.1 Å². The summed E-state index contributed by atoms with van der Waals surface area (Å²) in [7, 11) is 0. The smallest absolute Gasteiger partial charge is 0.225 e. The van der Waals surface area contributed by atoms with Crippen LogP contribution in [0.2, 0.25) is 0 Å². The molecule has 0 bridgehead atoms. The van der Waals surface area contributed by atoms with Gasteiger partial charge in [0.1, 0.15) is 5.75 Å². The Bertz CT molecular complexity index is 517. The van der Waals surface area contributed by atoms with Crippen LogP contribution in [0, 0.1) is 11.8 Å². The first-order valence-electron chi connectivity index (χ1n) is 9.76. The highest BCUT2D eigenvalue weighted by Gasteiger charge is 2.32. The van der Waals surface area contributed by atoms with Crippen molar-refractivity contribution in [2.45, 2.75) is 59.5 Å². The normalized spacial score (nSPS) is 15.4. The minimum absolute atomic E-state index is 0.152. The van der Waals surface area contributed by atoms with Gasteiger partial charge in [0.05, 0.1) is 12.5 Å². The monoisotopic (exact) mass is 346 g/mol. The SMILES string of the molecule is CCC(CC)NC(=O)C1CN(Cc2ccc(OCCC(C)C)cc2)C1. The van der Waals surface area contributed by atoms with Crippen LogP contribution < -0.4 is 10.1 Å². The molecule has 25 heavy (non-hydrogen) atoms. The van der Waals surface area contributed by atoms with Gasteiger partial charge in [-0.3, -0.25) is 9.69 Å². The maximum Gasteiger partial charge on any atom is 0.225 e. The number of nitrogens with one attached hydrogen (secondary N) is 1. The Morgan fingerprint density at radius 3 is 2.40 bits per heavy atom. The lowest BCUT2D eigenvalue weighted by atomic mass is 9.97. The van der Waals surface area contributed by atoms with E-state index in [2.05, 4.69) is 50.0 Å². The zero-order chi connectivity index (χ0) is 18.2. The maximum absolute atomic E-state index is 12.2. The van der Waals surface area contributed by atoms with Crippen molar-refractivity contribution >= 4 is 5.91 Å². The lowest BCUT2D eigenvalue weighted by Gasteiger charge is -2.38. The highest BCUT2D eigenvalue weighted by Crippen LogP contribution is 2.21. The van der Waals surface area contributed by atoms with Crippen LogP contribution in [-0.2, 0) is 11.3 Å². The van der Waals surface area contributed by atoms with Crippen LogP contribution in [0.5, 0.6) is 5.75 Å². The Balaban J connectivity index is 1.69. The van der Waals surface area contributed by atoms with Gasteiger partial charge in [-0.05, 0) is 42.9 Å². The Morgan fingerprint density at radius 1 is 1.20 bits per heavy atom. The molecule has 1 fully saturated rings. The molecule has 0 saturated carbocycles. The molecule has 2 rings (SSSR count). The van der Waals surface area contributed by atoms with E-state index in [1.54, 1.807) is 0 Å². The minimum Gasteiger partial charge on any atom is -0.494 e. The molecule has 1 N–H and O–H groups in total. The fourth-order valence-electron chi connectivity index (χ4n) is 3.04. The summed E-state index contributed by atoms with van der Waals surface area (Å²) in [5, 5.41) is 3.16. The summed E-state index contributed by atoms with van der Waals surface area (Å²) in [6.07, 6.45) is 3.09. The second kappa shape index (κ2) is 9.81. The zero-order valence-corrected chi connectivity index (χ0v) is 16.3. The molecule has 1 aromatic carbocycles. The predicted octanol–water partition coefficient (Wildman–Crippen LogP) is 3.85. The fraction of sp³-hybridized carbons (Fsp3) is 0.667. The fourth-order valence-corrected chi connectivity index (χ4v) is 3.04. The summed E-state index contributed by atoms with van der Waals surface area (Å²) in [6, 6.07) is 8.68. The molecule has 0 radical (unpaired) electrons. The van der Waals surface area contributed by atoms with Crippen molar-refractivity contribution in [1.82, 2.24) is 10.2 Å². The Kier molecular flexibility index (Phi) is 7.76. The van der Waals surface area contributed by atoms with Crippen molar-refractivity contribution in [1.29, 1.82) is 0 Å². The van der Waals surface area contributed by atoms with Crippen LogP contribution in [0.25, 0.3) is 0 Å². The Labute approximate surface area is 152 Å². The topological polar surface area (TPSA) is 41.6 Å². The largest absolute Gasteiger partial charge is 0.494 e. The van der Waals surface area contributed by atoms with E-state index in [1.807, 2.05) is 12.1 Å². The first-order valence-corrected chi connectivity index (χ1v) is 9.76. The number of benzene rings is 1. The number of carbonyl (C=O) groups is 1. The second-order valence-electron chi connectivity index (χ2n) is 7.59. The number of rotatable bonds is 10.